The third-order valence-corrected chi connectivity index (χ3v) is 9.26. The second-order valence-electron chi connectivity index (χ2n) is 12.5. The Morgan fingerprint density at radius 1 is 0.920 bits per heavy atom. The summed E-state index contributed by atoms with van der Waals surface area (Å²) >= 11 is 6.26. The van der Waals surface area contributed by atoms with Gasteiger partial charge in [0.15, 0.2) is 0 Å². The Morgan fingerprint density at radius 3 is 2.16 bits per heavy atom. The van der Waals surface area contributed by atoms with Crippen molar-refractivity contribution < 1.29 is 33.7 Å². The topological polar surface area (TPSA) is 119 Å². The maximum atomic E-state index is 15.6. The number of nitrogens with zero attached hydrogens (tertiary/aromatic N) is 2. The first kappa shape index (κ1) is 34.7. The van der Waals surface area contributed by atoms with E-state index < -0.39 is 23.7 Å². The Balaban J connectivity index is 1.11. The van der Waals surface area contributed by atoms with E-state index in [1.165, 1.54) is 4.90 Å². The van der Waals surface area contributed by atoms with E-state index in [-0.39, 0.29) is 54.5 Å². The van der Waals surface area contributed by atoms with E-state index >= 15 is 4.39 Å². The molecule has 4 aromatic rings. The Labute approximate surface area is 294 Å². The molecule has 1 saturated heterocycles. The molecule has 11 heteroatoms. The first-order valence-electron chi connectivity index (χ1n) is 16.4. The van der Waals surface area contributed by atoms with Gasteiger partial charge in [-0.3, -0.25) is 24.6 Å². The molecule has 1 atom stereocenters. The molecule has 1 fully saturated rings. The first-order chi connectivity index (χ1) is 24.1. The van der Waals surface area contributed by atoms with Gasteiger partial charge in [-0.2, -0.15) is 0 Å². The lowest BCUT2D eigenvalue weighted by molar-refractivity contribution is -0.136. The third kappa shape index (κ3) is 7.51. The zero-order valence-electron chi connectivity index (χ0n) is 27.5. The summed E-state index contributed by atoms with van der Waals surface area (Å²) in [6.07, 6.45) is 0.928. The molecule has 3 amide bonds. The van der Waals surface area contributed by atoms with E-state index in [2.05, 4.69) is 5.32 Å². The minimum absolute atomic E-state index is 0.0190. The second kappa shape index (κ2) is 15.1. The van der Waals surface area contributed by atoms with Crippen molar-refractivity contribution in [3.63, 3.8) is 0 Å². The molecule has 6 rings (SSSR count). The van der Waals surface area contributed by atoms with Gasteiger partial charge in [0.25, 0.3) is 5.91 Å². The highest BCUT2D eigenvalue weighted by atomic mass is 35.5. The molecule has 50 heavy (non-hydrogen) atoms. The summed E-state index contributed by atoms with van der Waals surface area (Å²) in [6.45, 7) is 1.11. The molecule has 2 aliphatic heterocycles. The molecular formula is C39H37ClFN3O6. The van der Waals surface area contributed by atoms with Gasteiger partial charge in [-0.15, -0.1) is 11.6 Å². The molecule has 4 aromatic carbocycles. The molecular weight excluding hydrogens is 661 g/mol. The van der Waals surface area contributed by atoms with Crippen molar-refractivity contribution in [2.24, 2.45) is 0 Å². The normalized spacial score (nSPS) is 16.4. The molecule has 0 radical (unpaired) electrons. The largest absolute Gasteiger partial charge is 0.508 e. The Morgan fingerprint density at radius 2 is 1.54 bits per heavy atom. The summed E-state index contributed by atoms with van der Waals surface area (Å²) in [5.74, 6) is -0.394. The molecule has 0 aromatic heterocycles. The van der Waals surface area contributed by atoms with Gasteiger partial charge >= 0.3 is 0 Å². The number of hydrogen-bond donors (Lipinski definition) is 3. The van der Waals surface area contributed by atoms with E-state index in [9.17, 15) is 24.6 Å². The van der Waals surface area contributed by atoms with Gasteiger partial charge in [0.05, 0.1) is 6.54 Å². The SMILES string of the molecule is CN(CCOc1ccc(C(=C(CCCl)c2ccc(O)cc2)c2ccc(O)cc2)cc1)Cc1ccc2c(c1F)CN(C1CCC(=O)NC1=O)C2=O. The lowest BCUT2D eigenvalue weighted by Crippen LogP contribution is -2.52. The number of amides is 3. The highest BCUT2D eigenvalue weighted by Crippen LogP contribution is 2.37. The highest BCUT2D eigenvalue weighted by molar-refractivity contribution is 6.18. The number of fused-ring (bicyclic) bond motifs is 1. The van der Waals surface area contributed by atoms with Crippen LogP contribution in [0.1, 0.15) is 57.4 Å². The van der Waals surface area contributed by atoms with Crippen LogP contribution in [0, 0.1) is 5.82 Å². The lowest BCUT2D eigenvalue weighted by atomic mass is 9.88. The highest BCUT2D eigenvalue weighted by Gasteiger charge is 2.40. The van der Waals surface area contributed by atoms with Crippen LogP contribution in [0.5, 0.6) is 17.2 Å². The predicted octanol–water partition coefficient (Wildman–Crippen LogP) is 6.10. The summed E-state index contributed by atoms with van der Waals surface area (Å²) in [5, 5.41) is 22.1. The number of ether oxygens (including phenoxy) is 1. The molecule has 2 heterocycles. The number of allylic oxidation sites excluding steroid dienone is 1. The smallest absolute Gasteiger partial charge is 0.255 e. The van der Waals surface area contributed by atoms with Gasteiger partial charge in [0, 0.05) is 42.1 Å². The maximum absolute atomic E-state index is 15.6. The summed E-state index contributed by atoms with van der Waals surface area (Å²) in [7, 11) is 1.86. The van der Waals surface area contributed by atoms with Crippen molar-refractivity contribution in [2.45, 2.75) is 38.4 Å². The average Bonchev–Trinajstić information content (AvgIpc) is 3.44. The number of hydrogen-bond acceptors (Lipinski definition) is 7. The fraction of sp³-hybridized carbons (Fsp3) is 0.256. The molecule has 2 aliphatic rings. The van der Waals surface area contributed by atoms with Gasteiger partial charge in [0.2, 0.25) is 11.8 Å². The van der Waals surface area contributed by atoms with Gasteiger partial charge < -0.3 is 19.8 Å². The number of benzene rings is 4. The number of rotatable bonds is 12. The van der Waals surface area contributed by atoms with E-state index in [1.807, 2.05) is 60.5 Å². The molecule has 0 spiro atoms. The number of imide groups is 1. The number of aromatic hydroxyl groups is 2. The second-order valence-corrected chi connectivity index (χ2v) is 12.8. The standard InChI is InChI=1S/C39H37ClFN3O6/c1-43(22-27-8-15-32-33(37(27)41)23-44(39(32)49)34-16-17-35(47)42-38(34)48)20-21-50-30-13-6-26(7-14-30)36(25-4-11-29(46)12-5-25)31(18-19-40)24-2-9-28(45)10-3-24/h2-15,34,45-46H,16-23H2,1H3,(H,42,47,48). The number of phenolic OH excluding ortho intramolecular Hbond substituents is 2. The fourth-order valence-electron chi connectivity index (χ4n) is 6.50. The molecule has 0 aliphatic carbocycles. The van der Waals surface area contributed by atoms with Crippen LogP contribution in [0.2, 0.25) is 0 Å². The van der Waals surface area contributed by atoms with Crippen LogP contribution < -0.4 is 10.1 Å². The summed E-state index contributed by atoms with van der Waals surface area (Å²) < 4.78 is 21.7. The number of phenols is 2. The Kier molecular flexibility index (Phi) is 10.5. The van der Waals surface area contributed by atoms with Crippen LogP contribution in [0.3, 0.4) is 0 Å². The van der Waals surface area contributed by atoms with Crippen LogP contribution in [-0.2, 0) is 22.7 Å². The number of nitrogens with one attached hydrogen (secondary N) is 1. The summed E-state index contributed by atoms with van der Waals surface area (Å²) in [6, 6.07) is 24.1. The van der Waals surface area contributed by atoms with Crippen molar-refractivity contribution in [3.05, 3.63) is 124 Å². The van der Waals surface area contributed by atoms with Crippen molar-refractivity contribution in [1.82, 2.24) is 15.1 Å². The number of piperidine rings is 1. The number of carbonyl (C=O) groups excluding carboxylic acids is 3. The van der Waals surface area contributed by atoms with Crippen LogP contribution in [-0.4, -0.2) is 69.9 Å². The number of carbonyl (C=O) groups is 3. The van der Waals surface area contributed by atoms with Crippen molar-refractivity contribution in [1.29, 1.82) is 0 Å². The van der Waals surface area contributed by atoms with E-state index in [0.29, 0.717) is 36.8 Å². The number of halogens is 2. The number of alkyl halides is 1. The molecule has 0 bridgehead atoms. The van der Waals surface area contributed by atoms with Crippen LogP contribution >= 0.6 is 11.6 Å². The van der Waals surface area contributed by atoms with Gasteiger partial charge in [-0.25, -0.2) is 4.39 Å². The Hall–Kier alpha value is -5.19. The molecule has 0 saturated carbocycles. The Bertz CT molecular complexity index is 1930. The maximum Gasteiger partial charge on any atom is 0.255 e. The lowest BCUT2D eigenvalue weighted by Gasteiger charge is -2.29. The van der Waals surface area contributed by atoms with Gasteiger partial charge in [-0.05, 0) is 90.2 Å². The summed E-state index contributed by atoms with van der Waals surface area (Å²) in [4.78, 5) is 40.2. The minimum atomic E-state index is -0.799. The van der Waals surface area contributed by atoms with Crippen LogP contribution in [0.15, 0.2) is 84.9 Å². The van der Waals surface area contributed by atoms with Crippen LogP contribution in [0.4, 0.5) is 4.39 Å². The average molecular weight is 698 g/mol. The van der Waals surface area contributed by atoms with Crippen molar-refractivity contribution in [2.75, 3.05) is 26.1 Å². The fourth-order valence-corrected chi connectivity index (χ4v) is 6.68. The number of likely N-dealkylation sites (N-methyl/N-ethyl adjacent to an activating group) is 1. The monoisotopic (exact) mass is 697 g/mol. The molecule has 3 N–H and O–H groups in total. The molecule has 1 unspecified atom stereocenters. The van der Waals surface area contributed by atoms with Crippen LogP contribution in [0.25, 0.3) is 11.1 Å². The molecule has 258 valence electrons. The van der Waals surface area contributed by atoms with E-state index in [4.69, 9.17) is 16.3 Å². The van der Waals surface area contributed by atoms with E-state index in [0.717, 1.165) is 27.8 Å². The minimum Gasteiger partial charge on any atom is -0.508 e. The zero-order valence-corrected chi connectivity index (χ0v) is 28.3. The van der Waals surface area contributed by atoms with Crippen molar-refractivity contribution >= 4 is 40.5 Å². The summed E-state index contributed by atoms with van der Waals surface area (Å²) in [5.41, 5.74) is 5.63. The first-order valence-corrected chi connectivity index (χ1v) is 16.9. The predicted molar refractivity (Wildman–Crippen MR) is 188 cm³/mol. The zero-order chi connectivity index (χ0) is 35.4. The van der Waals surface area contributed by atoms with Crippen molar-refractivity contribution in [3.8, 4) is 17.2 Å². The van der Waals surface area contributed by atoms with Gasteiger partial charge in [0.1, 0.15) is 35.7 Å². The molecule has 9 nitrogen and oxygen atoms in total. The van der Waals surface area contributed by atoms with Gasteiger partial charge in [-0.1, -0.05) is 42.5 Å². The quantitative estimate of drug-likeness (QED) is 0.0931. The van der Waals surface area contributed by atoms with E-state index in [1.54, 1.807) is 36.4 Å². The third-order valence-electron chi connectivity index (χ3n) is 9.07.